The van der Waals surface area contributed by atoms with Gasteiger partial charge in [-0.1, -0.05) is 5.16 Å². The van der Waals surface area contributed by atoms with Crippen LogP contribution in [0.5, 0.6) is 0 Å². The minimum Gasteiger partial charge on any atom is -0.329 e. The molecular formula is C16H14F3N5O2S2. The first-order valence-electron chi connectivity index (χ1n) is 8.25. The van der Waals surface area contributed by atoms with Gasteiger partial charge in [-0.05, 0) is 25.0 Å². The van der Waals surface area contributed by atoms with Crippen LogP contribution in [0.25, 0.3) is 10.7 Å². The maximum Gasteiger partial charge on any atom is 0.471 e. The summed E-state index contributed by atoms with van der Waals surface area (Å²) in [4.78, 5) is 24.3. The number of thiophene rings is 1. The molecule has 1 N–H and O–H groups in total. The van der Waals surface area contributed by atoms with Crippen molar-refractivity contribution in [2.75, 3.05) is 18.4 Å². The zero-order valence-corrected chi connectivity index (χ0v) is 16.2. The molecule has 0 aromatic carbocycles. The van der Waals surface area contributed by atoms with Crippen molar-refractivity contribution in [3.8, 4) is 10.7 Å². The standard InChI is InChI=1S/C16H14F3N5O2S2/c1-8-5-20-15(27-8)21-12(25)7-24-3-2-10-9(6-24)4-11(28-10)13-22-14(26-23-13)16(17,18)19/h4-5H,2-3,6-7H2,1H3,(H,20,21,25). The lowest BCUT2D eigenvalue weighted by Gasteiger charge is -2.25. The fraction of sp³-hybridized carbons (Fsp3) is 0.375. The molecule has 7 nitrogen and oxygen atoms in total. The summed E-state index contributed by atoms with van der Waals surface area (Å²) in [7, 11) is 0. The first kappa shape index (κ1) is 19.0. The number of rotatable bonds is 4. The van der Waals surface area contributed by atoms with E-state index >= 15 is 0 Å². The molecule has 1 amide bonds. The van der Waals surface area contributed by atoms with Gasteiger partial charge in [-0.3, -0.25) is 9.69 Å². The van der Waals surface area contributed by atoms with Crippen LogP contribution >= 0.6 is 22.7 Å². The monoisotopic (exact) mass is 429 g/mol. The smallest absolute Gasteiger partial charge is 0.329 e. The first-order valence-corrected chi connectivity index (χ1v) is 9.89. The SMILES string of the molecule is Cc1cnc(NC(=O)CN2CCc3sc(-c4noc(C(F)(F)F)n4)cc3C2)s1. The minimum absolute atomic E-state index is 0.0739. The number of carbonyl (C=O) groups is 1. The fourth-order valence-electron chi connectivity index (χ4n) is 2.85. The fourth-order valence-corrected chi connectivity index (χ4v) is 4.62. The molecule has 3 aromatic rings. The van der Waals surface area contributed by atoms with Gasteiger partial charge in [0.25, 0.3) is 0 Å². The summed E-state index contributed by atoms with van der Waals surface area (Å²) in [5.74, 6) is -1.58. The summed E-state index contributed by atoms with van der Waals surface area (Å²) in [6.45, 7) is 3.33. The van der Waals surface area contributed by atoms with Crippen LogP contribution in [-0.2, 0) is 23.9 Å². The molecule has 3 aromatic heterocycles. The Hall–Kier alpha value is -2.31. The van der Waals surface area contributed by atoms with Crippen molar-refractivity contribution < 1.29 is 22.5 Å². The van der Waals surface area contributed by atoms with E-state index < -0.39 is 12.1 Å². The molecule has 0 saturated carbocycles. The number of anilines is 1. The van der Waals surface area contributed by atoms with Gasteiger partial charge in [0.2, 0.25) is 11.7 Å². The van der Waals surface area contributed by atoms with Crippen molar-refractivity contribution >= 4 is 33.7 Å². The number of carbonyl (C=O) groups excluding carboxylic acids is 1. The Kier molecular flexibility index (Phi) is 4.93. The van der Waals surface area contributed by atoms with E-state index in [2.05, 4.69) is 25.0 Å². The molecule has 0 spiro atoms. The van der Waals surface area contributed by atoms with Crippen LogP contribution < -0.4 is 5.32 Å². The quantitative estimate of drug-likeness (QED) is 0.683. The van der Waals surface area contributed by atoms with E-state index in [1.165, 1.54) is 22.7 Å². The summed E-state index contributed by atoms with van der Waals surface area (Å²) < 4.78 is 42.2. The van der Waals surface area contributed by atoms with E-state index in [-0.39, 0.29) is 18.3 Å². The van der Waals surface area contributed by atoms with Gasteiger partial charge in [0.1, 0.15) is 0 Å². The molecule has 0 unspecified atom stereocenters. The van der Waals surface area contributed by atoms with Crippen molar-refractivity contribution in [1.29, 1.82) is 0 Å². The number of nitrogens with zero attached hydrogens (tertiary/aromatic N) is 4. The maximum absolute atomic E-state index is 12.6. The lowest BCUT2D eigenvalue weighted by atomic mass is 10.1. The van der Waals surface area contributed by atoms with E-state index in [1.54, 1.807) is 12.3 Å². The third kappa shape index (κ3) is 4.08. The topological polar surface area (TPSA) is 84.2 Å². The highest BCUT2D eigenvalue weighted by molar-refractivity contribution is 7.16. The van der Waals surface area contributed by atoms with Gasteiger partial charge in [0.05, 0.1) is 11.4 Å². The van der Waals surface area contributed by atoms with Gasteiger partial charge in [0.15, 0.2) is 5.13 Å². The van der Waals surface area contributed by atoms with Crippen molar-refractivity contribution in [2.45, 2.75) is 26.1 Å². The molecule has 0 bridgehead atoms. The molecule has 4 rings (SSSR count). The number of fused-ring (bicyclic) bond motifs is 1. The maximum atomic E-state index is 12.6. The molecule has 0 radical (unpaired) electrons. The molecule has 0 saturated heterocycles. The second-order valence-corrected chi connectivity index (χ2v) is 8.64. The number of thiazole rings is 1. The molecule has 0 fully saturated rings. The van der Waals surface area contributed by atoms with E-state index in [0.717, 1.165) is 15.3 Å². The highest BCUT2D eigenvalue weighted by Crippen LogP contribution is 2.35. The molecule has 28 heavy (non-hydrogen) atoms. The Morgan fingerprint density at radius 1 is 1.39 bits per heavy atom. The van der Waals surface area contributed by atoms with E-state index in [1.807, 2.05) is 11.8 Å². The molecule has 4 heterocycles. The van der Waals surface area contributed by atoms with Gasteiger partial charge in [-0.15, -0.1) is 22.7 Å². The zero-order valence-electron chi connectivity index (χ0n) is 14.5. The number of aromatic nitrogens is 3. The Balaban J connectivity index is 1.41. The second kappa shape index (κ2) is 7.26. The highest BCUT2D eigenvalue weighted by atomic mass is 32.1. The first-order chi connectivity index (χ1) is 13.3. The normalized spacial score (nSPS) is 14.9. The van der Waals surface area contributed by atoms with Crippen LogP contribution in [-0.4, -0.2) is 39.0 Å². The Labute approximate surface area is 165 Å². The second-order valence-electron chi connectivity index (χ2n) is 6.26. The lowest BCUT2D eigenvalue weighted by molar-refractivity contribution is -0.159. The average molecular weight is 429 g/mol. The predicted molar refractivity (Wildman–Crippen MR) is 97.1 cm³/mol. The lowest BCUT2D eigenvalue weighted by Crippen LogP contribution is -2.36. The molecule has 0 aliphatic carbocycles. The van der Waals surface area contributed by atoms with Crippen molar-refractivity contribution in [3.63, 3.8) is 0 Å². The Morgan fingerprint density at radius 3 is 2.89 bits per heavy atom. The van der Waals surface area contributed by atoms with E-state index in [4.69, 9.17) is 0 Å². The molecule has 1 aliphatic rings. The van der Waals surface area contributed by atoms with E-state index in [9.17, 15) is 18.0 Å². The summed E-state index contributed by atoms with van der Waals surface area (Å²) >= 11 is 2.76. The Bertz CT molecular complexity index is 1010. The summed E-state index contributed by atoms with van der Waals surface area (Å²) in [6.07, 6.45) is -2.27. The zero-order chi connectivity index (χ0) is 19.9. The molecular weight excluding hydrogens is 415 g/mol. The number of aryl methyl sites for hydroxylation is 1. The van der Waals surface area contributed by atoms with Crippen LogP contribution in [0.4, 0.5) is 18.3 Å². The number of alkyl halides is 3. The van der Waals surface area contributed by atoms with Crippen LogP contribution in [0.3, 0.4) is 0 Å². The summed E-state index contributed by atoms with van der Waals surface area (Å²) in [5, 5.41) is 6.77. The van der Waals surface area contributed by atoms with Crippen LogP contribution in [0, 0.1) is 6.92 Å². The number of hydrogen-bond acceptors (Lipinski definition) is 8. The van der Waals surface area contributed by atoms with Gasteiger partial charge in [0, 0.05) is 29.0 Å². The molecule has 0 atom stereocenters. The van der Waals surface area contributed by atoms with Gasteiger partial charge in [-0.25, -0.2) is 4.98 Å². The van der Waals surface area contributed by atoms with Crippen molar-refractivity contribution in [2.24, 2.45) is 0 Å². The van der Waals surface area contributed by atoms with Gasteiger partial charge in [-0.2, -0.15) is 18.2 Å². The molecule has 148 valence electrons. The third-order valence-corrected chi connectivity index (χ3v) is 6.13. The largest absolute Gasteiger partial charge is 0.471 e. The van der Waals surface area contributed by atoms with Crippen molar-refractivity contribution in [3.05, 3.63) is 33.5 Å². The molecule has 1 aliphatic heterocycles. The highest BCUT2D eigenvalue weighted by Gasteiger charge is 2.38. The number of nitrogens with one attached hydrogen (secondary N) is 1. The molecule has 12 heteroatoms. The predicted octanol–water partition coefficient (Wildman–Crippen LogP) is 3.58. The number of halogens is 3. The van der Waals surface area contributed by atoms with Gasteiger partial charge < -0.3 is 9.84 Å². The Morgan fingerprint density at radius 2 is 2.21 bits per heavy atom. The van der Waals surface area contributed by atoms with Crippen molar-refractivity contribution in [1.82, 2.24) is 20.0 Å². The summed E-state index contributed by atoms with van der Waals surface area (Å²) in [5.41, 5.74) is 0.961. The van der Waals surface area contributed by atoms with Crippen LogP contribution in [0.1, 0.15) is 21.2 Å². The van der Waals surface area contributed by atoms with Crippen LogP contribution in [0.15, 0.2) is 16.8 Å². The van der Waals surface area contributed by atoms with E-state index in [0.29, 0.717) is 29.5 Å². The van der Waals surface area contributed by atoms with Crippen LogP contribution in [0.2, 0.25) is 0 Å². The summed E-state index contributed by atoms with van der Waals surface area (Å²) in [6, 6.07) is 1.76. The number of amides is 1. The minimum atomic E-state index is -4.66. The third-order valence-electron chi connectivity index (χ3n) is 4.07. The average Bonchev–Trinajstić information content (AvgIpc) is 3.32. The number of hydrogen-bond donors (Lipinski definition) is 1. The van der Waals surface area contributed by atoms with Gasteiger partial charge >= 0.3 is 12.1 Å².